The number of carboxylic acid groups (broad SMARTS) is 1. The van der Waals surface area contributed by atoms with Gasteiger partial charge in [0.25, 0.3) is 5.91 Å². The lowest BCUT2D eigenvalue weighted by atomic mass is 9.46. The van der Waals surface area contributed by atoms with Crippen LogP contribution in [0.15, 0.2) is 47.1 Å². The number of fused-ring (bicyclic) bond motifs is 5. The van der Waals surface area contributed by atoms with E-state index < -0.39 is 23.5 Å². The molecule has 0 unspecified atom stereocenters. The van der Waals surface area contributed by atoms with Gasteiger partial charge in [0, 0.05) is 11.8 Å². The second-order valence-electron chi connectivity index (χ2n) is 12.5. The zero-order valence-electron chi connectivity index (χ0n) is 23.0. The summed E-state index contributed by atoms with van der Waals surface area (Å²) >= 11 is 0. The number of benzene rings is 1. The van der Waals surface area contributed by atoms with Gasteiger partial charge in [0.05, 0.1) is 5.71 Å². The smallest absolute Gasteiger partial charge is 0.326 e. The standard InChI is InChI=1S/C32H40N2O5/c1-4-32(38)17-14-26-24-11-10-22-19-23(12-15-30(22,2)25(24)13-16-31(26,32)3)34-39-20-28(35)33-27(29(36)37)18-21-8-6-5-7-9-21/h1,5-9,19,24-27,38H,10-18,20H2,2-3H3,(H,33,35)(H,36,37)/b34-23+/t24-,25+,26+,27-,30+,31+,32-/m1/s1. The summed E-state index contributed by atoms with van der Waals surface area (Å²) in [6, 6.07) is 8.17. The second-order valence-corrected chi connectivity index (χ2v) is 12.5. The summed E-state index contributed by atoms with van der Waals surface area (Å²) in [7, 11) is 0. The van der Waals surface area contributed by atoms with Crippen molar-refractivity contribution in [1.82, 2.24) is 5.32 Å². The molecule has 1 amide bonds. The molecule has 1 aromatic carbocycles. The summed E-state index contributed by atoms with van der Waals surface area (Å²) in [6.07, 6.45) is 15.8. The van der Waals surface area contributed by atoms with E-state index in [1.807, 2.05) is 30.3 Å². The minimum Gasteiger partial charge on any atom is -0.480 e. The van der Waals surface area contributed by atoms with Crippen molar-refractivity contribution in [3.8, 4) is 12.3 Å². The summed E-state index contributed by atoms with van der Waals surface area (Å²) in [5.74, 6) is 2.77. The molecule has 4 aliphatic carbocycles. The second kappa shape index (κ2) is 10.5. The van der Waals surface area contributed by atoms with Crippen LogP contribution in [0.4, 0.5) is 0 Å². The topological polar surface area (TPSA) is 108 Å². The van der Waals surface area contributed by atoms with Gasteiger partial charge in [0.1, 0.15) is 11.6 Å². The predicted molar refractivity (Wildman–Crippen MR) is 149 cm³/mol. The molecule has 0 bridgehead atoms. The van der Waals surface area contributed by atoms with Crippen LogP contribution in [0.3, 0.4) is 0 Å². The summed E-state index contributed by atoms with van der Waals surface area (Å²) in [6.45, 7) is 4.28. The Labute approximate surface area is 231 Å². The van der Waals surface area contributed by atoms with Crippen LogP contribution in [0.5, 0.6) is 0 Å². The fourth-order valence-corrected chi connectivity index (χ4v) is 8.36. The first-order valence-electron chi connectivity index (χ1n) is 14.3. The van der Waals surface area contributed by atoms with Crippen molar-refractivity contribution < 1.29 is 24.6 Å². The summed E-state index contributed by atoms with van der Waals surface area (Å²) in [5.41, 5.74) is 1.99. The number of hydrogen-bond acceptors (Lipinski definition) is 5. The Morgan fingerprint density at radius 1 is 1.13 bits per heavy atom. The van der Waals surface area contributed by atoms with Gasteiger partial charge in [-0.15, -0.1) is 6.42 Å². The number of aliphatic hydroxyl groups is 1. The van der Waals surface area contributed by atoms with E-state index in [1.54, 1.807) is 0 Å². The van der Waals surface area contributed by atoms with Gasteiger partial charge in [0.2, 0.25) is 0 Å². The van der Waals surface area contributed by atoms with E-state index >= 15 is 0 Å². The van der Waals surface area contributed by atoms with Crippen LogP contribution < -0.4 is 5.32 Å². The molecule has 3 saturated carbocycles. The number of carboxylic acids is 1. The molecule has 1 aromatic rings. The highest BCUT2D eigenvalue weighted by Gasteiger charge is 2.63. The maximum absolute atomic E-state index is 12.4. The van der Waals surface area contributed by atoms with Crippen LogP contribution >= 0.6 is 0 Å². The molecule has 0 aliphatic heterocycles. The molecule has 39 heavy (non-hydrogen) atoms. The van der Waals surface area contributed by atoms with E-state index in [0.29, 0.717) is 24.2 Å². The van der Waals surface area contributed by atoms with Crippen LogP contribution in [0.1, 0.15) is 70.8 Å². The van der Waals surface area contributed by atoms with Gasteiger partial charge in [-0.3, -0.25) is 4.79 Å². The third kappa shape index (κ3) is 4.89. The van der Waals surface area contributed by atoms with Crippen LogP contribution in [0, 0.1) is 40.9 Å². The number of hydrogen-bond donors (Lipinski definition) is 3. The average Bonchev–Trinajstić information content (AvgIpc) is 3.20. The van der Waals surface area contributed by atoms with Crippen LogP contribution in [-0.2, 0) is 20.8 Å². The summed E-state index contributed by atoms with van der Waals surface area (Å²) in [4.78, 5) is 29.4. The van der Waals surface area contributed by atoms with Crippen molar-refractivity contribution in [2.45, 2.75) is 83.3 Å². The van der Waals surface area contributed by atoms with Gasteiger partial charge in [-0.2, -0.15) is 0 Å². The van der Waals surface area contributed by atoms with E-state index in [4.69, 9.17) is 11.3 Å². The Bertz CT molecular complexity index is 1220. The first-order valence-corrected chi connectivity index (χ1v) is 14.3. The van der Waals surface area contributed by atoms with Crippen molar-refractivity contribution in [3.05, 3.63) is 47.5 Å². The van der Waals surface area contributed by atoms with Crippen molar-refractivity contribution in [2.75, 3.05) is 6.61 Å². The minimum absolute atomic E-state index is 0.101. The molecule has 5 rings (SSSR count). The molecule has 0 aromatic heterocycles. The number of carbonyl (C=O) groups excluding carboxylic acids is 1. The molecule has 7 nitrogen and oxygen atoms in total. The maximum Gasteiger partial charge on any atom is 0.326 e. The minimum atomic E-state index is -1.09. The number of nitrogens with one attached hydrogen (secondary N) is 1. The zero-order chi connectivity index (χ0) is 27.8. The highest BCUT2D eigenvalue weighted by atomic mass is 16.6. The van der Waals surface area contributed by atoms with Gasteiger partial charge in [-0.25, -0.2) is 4.79 Å². The van der Waals surface area contributed by atoms with E-state index in [0.717, 1.165) is 56.2 Å². The van der Waals surface area contributed by atoms with Crippen LogP contribution in [0.2, 0.25) is 0 Å². The highest BCUT2D eigenvalue weighted by molar-refractivity contribution is 5.96. The first-order chi connectivity index (χ1) is 18.6. The lowest BCUT2D eigenvalue weighted by Crippen LogP contribution is -2.54. The number of terminal acetylenes is 1. The van der Waals surface area contributed by atoms with Gasteiger partial charge >= 0.3 is 5.97 Å². The fraction of sp³-hybridized carbons (Fsp3) is 0.594. The van der Waals surface area contributed by atoms with E-state index in [1.165, 1.54) is 5.57 Å². The Morgan fingerprint density at radius 2 is 1.87 bits per heavy atom. The molecule has 0 spiro atoms. The molecule has 3 fully saturated rings. The highest BCUT2D eigenvalue weighted by Crippen LogP contribution is 2.67. The molecule has 3 N–H and O–H groups in total. The number of amides is 1. The molecular formula is C32H40N2O5. The number of oxime groups is 1. The van der Waals surface area contributed by atoms with E-state index in [-0.39, 0.29) is 23.9 Å². The Hall–Kier alpha value is -3.11. The normalized spacial score (nSPS) is 36.9. The summed E-state index contributed by atoms with van der Waals surface area (Å²) in [5, 5.41) is 27.5. The van der Waals surface area contributed by atoms with E-state index in [9.17, 15) is 19.8 Å². The van der Waals surface area contributed by atoms with Crippen molar-refractivity contribution in [3.63, 3.8) is 0 Å². The molecular weight excluding hydrogens is 492 g/mol. The van der Waals surface area contributed by atoms with Crippen LogP contribution in [0.25, 0.3) is 0 Å². The third-order valence-corrected chi connectivity index (χ3v) is 10.7. The molecule has 7 heteroatoms. The SMILES string of the molecule is C#C[C@@]1(O)CC[C@H]2[C@@H]3CCC4=C/C(=N/OCC(=O)N[C@H](Cc5ccccc5)C(=O)O)CC[C@]4(C)[C@H]3CC[C@@]21C. The predicted octanol–water partition coefficient (Wildman–Crippen LogP) is 4.50. The maximum atomic E-state index is 12.4. The molecule has 0 radical (unpaired) electrons. The number of carbonyl (C=O) groups is 2. The third-order valence-electron chi connectivity index (χ3n) is 10.7. The zero-order valence-corrected chi connectivity index (χ0v) is 23.0. The molecule has 208 valence electrons. The quantitative estimate of drug-likeness (QED) is 0.354. The first kappa shape index (κ1) is 27.5. The van der Waals surface area contributed by atoms with Crippen LogP contribution in [-0.4, -0.2) is 46.1 Å². The van der Waals surface area contributed by atoms with Crippen molar-refractivity contribution in [1.29, 1.82) is 0 Å². The largest absolute Gasteiger partial charge is 0.480 e. The molecule has 4 aliphatic rings. The number of rotatable bonds is 7. The number of allylic oxidation sites excluding steroid dienone is 2. The number of aliphatic carboxylic acids is 1. The average molecular weight is 533 g/mol. The lowest BCUT2D eigenvalue weighted by Gasteiger charge is -2.58. The van der Waals surface area contributed by atoms with Gasteiger partial charge < -0.3 is 20.4 Å². The Balaban J connectivity index is 1.20. The Kier molecular flexibility index (Phi) is 7.37. The van der Waals surface area contributed by atoms with Crippen molar-refractivity contribution in [2.24, 2.45) is 33.7 Å². The van der Waals surface area contributed by atoms with Gasteiger partial charge in [0.15, 0.2) is 6.61 Å². The summed E-state index contributed by atoms with van der Waals surface area (Å²) < 4.78 is 0. The number of nitrogens with zero attached hydrogens (tertiary/aromatic N) is 1. The molecule has 7 atom stereocenters. The Morgan fingerprint density at radius 3 is 2.59 bits per heavy atom. The molecule has 0 saturated heterocycles. The fourth-order valence-electron chi connectivity index (χ4n) is 8.36. The van der Waals surface area contributed by atoms with E-state index in [2.05, 4.69) is 36.3 Å². The lowest BCUT2D eigenvalue weighted by molar-refractivity contribution is -0.142. The van der Waals surface area contributed by atoms with Gasteiger partial charge in [-0.05, 0) is 86.2 Å². The van der Waals surface area contributed by atoms with Crippen molar-refractivity contribution >= 4 is 17.6 Å². The molecule has 0 heterocycles. The monoisotopic (exact) mass is 532 g/mol. The van der Waals surface area contributed by atoms with Gasteiger partial charge in [-0.1, -0.05) is 60.8 Å².